The minimum Gasteiger partial charge on any atom is -0.440 e. The van der Waals surface area contributed by atoms with Crippen LogP contribution in [0.3, 0.4) is 0 Å². The molecule has 0 atom stereocenters. The summed E-state index contributed by atoms with van der Waals surface area (Å²) in [5.41, 5.74) is 9.06. The Bertz CT molecular complexity index is 579. The van der Waals surface area contributed by atoms with Crippen LogP contribution < -0.4 is 5.73 Å². The summed E-state index contributed by atoms with van der Waals surface area (Å²) in [4.78, 5) is 4.72. The zero-order valence-electron chi connectivity index (χ0n) is 11.8. The number of oxazole rings is 1. The maximum Gasteiger partial charge on any atom is 0.202 e. The van der Waals surface area contributed by atoms with Gasteiger partial charge in [0.1, 0.15) is 5.52 Å². The fourth-order valence-electron chi connectivity index (χ4n) is 3.13. The molecule has 1 aliphatic carbocycles. The standard InChI is InChI=1S/C16H22N2O/c1-11-6-8-16(10-17,9-7-11)15-18-13-5-3-4-12(2)14(13)19-15/h3-5,11H,6-10,17H2,1-2H3. The third-order valence-corrected chi connectivity index (χ3v) is 4.69. The van der Waals surface area contributed by atoms with E-state index in [-0.39, 0.29) is 5.41 Å². The van der Waals surface area contributed by atoms with Crippen molar-refractivity contribution in [3.63, 3.8) is 0 Å². The molecule has 2 aromatic rings. The highest BCUT2D eigenvalue weighted by Gasteiger charge is 2.39. The molecule has 1 aliphatic rings. The molecule has 0 saturated heterocycles. The van der Waals surface area contributed by atoms with Crippen molar-refractivity contribution in [1.29, 1.82) is 0 Å². The van der Waals surface area contributed by atoms with Gasteiger partial charge in [-0.3, -0.25) is 0 Å². The molecule has 3 nitrogen and oxygen atoms in total. The minimum absolute atomic E-state index is 0.0437. The minimum atomic E-state index is -0.0437. The quantitative estimate of drug-likeness (QED) is 0.896. The van der Waals surface area contributed by atoms with Crippen LogP contribution in [0.2, 0.25) is 0 Å². The summed E-state index contributed by atoms with van der Waals surface area (Å²) in [6.07, 6.45) is 4.62. The van der Waals surface area contributed by atoms with Gasteiger partial charge >= 0.3 is 0 Å². The lowest BCUT2D eigenvalue weighted by Crippen LogP contribution is -2.38. The van der Waals surface area contributed by atoms with Gasteiger partial charge in [0, 0.05) is 6.54 Å². The van der Waals surface area contributed by atoms with Crippen LogP contribution in [0.25, 0.3) is 11.1 Å². The molecule has 0 bridgehead atoms. The molecule has 102 valence electrons. The fourth-order valence-corrected chi connectivity index (χ4v) is 3.13. The molecule has 3 rings (SSSR count). The maximum atomic E-state index is 6.08. The van der Waals surface area contributed by atoms with E-state index in [0.29, 0.717) is 6.54 Å². The van der Waals surface area contributed by atoms with Gasteiger partial charge in [-0.2, -0.15) is 0 Å². The van der Waals surface area contributed by atoms with Crippen molar-refractivity contribution < 1.29 is 4.42 Å². The number of aromatic nitrogens is 1. The monoisotopic (exact) mass is 258 g/mol. The van der Waals surface area contributed by atoms with Crippen molar-refractivity contribution in [3.05, 3.63) is 29.7 Å². The van der Waals surface area contributed by atoms with Gasteiger partial charge in [0.2, 0.25) is 5.89 Å². The number of para-hydroxylation sites is 1. The van der Waals surface area contributed by atoms with Gasteiger partial charge in [-0.25, -0.2) is 4.98 Å². The second-order valence-corrected chi connectivity index (χ2v) is 6.11. The number of nitrogens with two attached hydrogens (primary N) is 1. The van der Waals surface area contributed by atoms with Gasteiger partial charge < -0.3 is 10.2 Å². The topological polar surface area (TPSA) is 52.0 Å². The normalized spacial score (nSPS) is 27.8. The molecule has 0 aliphatic heterocycles. The third kappa shape index (κ3) is 2.06. The van der Waals surface area contributed by atoms with Crippen LogP contribution in [0, 0.1) is 12.8 Å². The Morgan fingerprint density at radius 3 is 2.74 bits per heavy atom. The molecular formula is C16H22N2O. The lowest BCUT2D eigenvalue weighted by Gasteiger charge is -2.35. The summed E-state index contributed by atoms with van der Waals surface area (Å²) in [6.45, 7) is 5.01. The molecule has 2 N–H and O–H groups in total. The van der Waals surface area contributed by atoms with E-state index in [1.165, 1.54) is 12.8 Å². The second-order valence-electron chi connectivity index (χ2n) is 6.11. The lowest BCUT2D eigenvalue weighted by atomic mass is 9.71. The summed E-state index contributed by atoms with van der Waals surface area (Å²) in [7, 11) is 0. The highest BCUT2D eigenvalue weighted by Crippen LogP contribution is 2.41. The molecule has 1 aromatic heterocycles. The first-order chi connectivity index (χ1) is 9.14. The summed E-state index contributed by atoms with van der Waals surface area (Å²) < 4.78 is 6.08. The van der Waals surface area contributed by atoms with Gasteiger partial charge in [0.15, 0.2) is 5.58 Å². The Labute approximate surface area is 114 Å². The average molecular weight is 258 g/mol. The molecule has 0 radical (unpaired) electrons. The molecule has 0 amide bonds. The van der Waals surface area contributed by atoms with Crippen LogP contribution in [-0.4, -0.2) is 11.5 Å². The number of hydrogen-bond acceptors (Lipinski definition) is 3. The summed E-state index contributed by atoms with van der Waals surface area (Å²) >= 11 is 0. The van der Waals surface area contributed by atoms with Crippen molar-refractivity contribution in [3.8, 4) is 0 Å². The highest BCUT2D eigenvalue weighted by atomic mass is 16.3. The Morgan fingerprint density at radius 2 is 2.11 bits per heavy atom. The molecular weight excluding hydrogens is 236 g/mol. The van der Waals surface area contributed by atoms with Gasteiger partial charge in [-0.15, -0.1) is 0 Å². The first-order valence-electron chi connectivity index (χ1n) is 7.21. The Hall–Kier alpha value is -1.35. The smallest absolute Gasteiger partial charge is 0.202 e. The van der Waals surface area contributed by atoms with E-state index in [9.17, 15) is 0 Å². The summed E-state index contributed by atoms with van der Waals surface area (Å²) in [5.74, 6) is 1.65. The number of nitrogens with zero attached hydrogens (tertiary/aromatic N) is 1. The van der Waals surface area contributed by atoms with E-state index in [0.717, 1.165) is 41.3 Å². The van der Waals surface area contributed by atoms with Crippen LogP contribution in [0.1, 0.15) is 44.1 Å². The molecule has 1 fully saturated rings. The fraction of sp³-hybridized carbons (Fsp3) is 0.562. The van der Waals surface area contributed by atoms with Crippen LogP contribution in [0.5, 0.6) is 0 Å². The summed E-state index contributed by atoms with van der Waals surface area (Å²) in [5, 5.41) is 0. The molecule has 3 heteroatoms. The molecule has 0 unspecified atom stereocenters. The van der Waals surface area contributed by atoms with E-state index in [4.69, 9.17) is 15.1 Å². The number of hydrogen-bond donors (Lipinski definition) is 1. The Kier molecular flexibility index (Phi) is 3.09. The lowest BCUT2D eigenvalue weighted by molar-refractivity contribution is 0.210. The largest absolute Gasteiger partial charge is 0.440 e. The van der Waals surface area contributed by atoms with Gasteiger partial charge in [-0.05, 0) is 50.2 Å². The van der Waals surface area contributed by atoms with Gasteiger partial charge in [0.25, 0.3) is 0 Å². The van der Waals surface area contributed by atoms with Gasteiger partial charge in [0.05, 0.1) is 5.41 Å². The van der Waals surface area contributed by atoms with Crippen LogP contribution in [-0.2, 0) is 5.41 Å². The van der Waals surface area contributed by atoms with E-state index in [1.807, 2.05) is 12.1 Å². The van der Waals surface area contributed by atoms with Crippen molar-refractivity contribution in [2.24, 2.45) is 11.7 Å². The maximum absolute atomic E-state index is 6.08. The number of fused-ring (bicyclic) bond motifs is 1. The molecule has 0 spiro atoms. The second kappa shape index (κ2) is 4.64. The number of rotatable bonds is 2. The molecule has 1 heterocycles. The summed E-state index contributed by atoms with van der Waals surface area (Å²) in [6, 6.07) is 6.11. The predicted molar refractivity (Wildman–Crippen MR) is 77.1 cm³/mol. The zero-order chi connectivity index (χ0) is 13.5. The van der Waals surface area contributed by atoms with E-state index in [1.54, 1.807) is 0 Å². The van der Waals surface area contributed by atoms with Gasteiger partial charge in [-0.1, -0.05) is 19.1 Å². The van der Waals surface area contributed by atoms with Crippen LogP contribution in [0.15, 0.2) is 22.6 Å². The molecule has 19 heavy (non-hydrogen) atoms. The average Bonchev–Trinajstić information content (AvgIpc) is 2.86. The number of aryl methyl sites for hydroxylation is 1. The van der Waals surface area contributed by atoms with Crippen molar-refractivity contribution >= 4 is 11.1 Å². The predicted octanol–water partition coefficient (Wildman–Crippen LogP) is 3.54. The van der Waals surface area contributed by atoms with E-state index < -0.39 is 0 Å². The van der Waals surface area contributed by atoms with Crippen LogP contribution >= 0.6 is 0 Å². The third-order valence-electron chi connectivity index (χ3n) is 4.69. The van der Waals surface area contributed by atoms with Crippen LogP contribution in [0.4, 0.5) is 0 Å². The van der Waals surface area contributed by atoms with Crippen molar-refractivity contribution in [2.75, 3.05) is 6.54 Å². The highest BCUT2D eigenvalue weighted by molar-refractivity contribution is 5.76. The van der Waals surface area contributed by atoms with E-state index >= 15 is 0 Å². The Balaban J connectivity index is 2.04. The zero-order valence-corrected chi connectivity index (χ0v) is 11.8. The molecule has 1 aromatic carbocycles. The first-order valence-corrected chi connectivity index (χ1v) is 7.21. The van der Waals surface area contributed by atoms with E-state index in [2.05, 4.69) is 19.9 Å². The molecule has 1 saturated carbocycles. The number of benzene rings is 1. The van der Waals surface area contributed by atoms with Crippen molar-refractivity contribution in [2.45, 2.75) is 44.9 Å². The SMILES string of the molecule is Cc1cccc2nc(C3(CN)CCC(C)CC3)oc12. The first kappa shape index (κ1) is 12.7. The Morgan fingerprint density at radius 1 is 1.37 bits per heavy atom. The van der Waals surface area contributed by atoms with Crippen molar-refractivity contribution in [1.82, 2.24) is 4.98 Å².